The van der Waals surface area contributed by atoms with Crippen LogP contribution in [0.4, 0.5) is 5.69 Å². The number of anilines is 1. The van der Waals surface area contributed by atoms with Gasteiger partial charge in [0.05, 0.1) is 6.04 Å². The van der Waals surface area contributed by atoms with Crippen LogP contribution in [0.25, 0.3) is 0 Å². The van der Waals surface area contributed by atoms with Crippen molar-refractivity contribution >= 4 is 33.0 Å². The first-order valence-corrected chi connectivity index (χ1v) is 7.26. The third-order valence-corrected chi connectivity index (χ3v) is 4.78. The second-order valence-electron chi connectivity index (χ2n) is 4.28. The molecule has 1 nitrogen and oxygen atoms in total. The summed E-state index contributed by atoms with van der Waals surface area (Å²) >= 11 is 5.41. The minimum Gasteiger partial charge on any atom is -0.378 e. The monoisotopic (exact) mass is 309 g/mol. The lowest BCUT2D eigenvalue weighted by molar-refractivity contribution is 0.908. The Morgan fingerprint density at radius 3 is 2.53 bits per heavy atom. The number of aryl methyl sites for hydroxylation is 2. The van der Waals surface area contributed by atoms with Crippen molar-refractivity contribution in [3.63, 3.8) is 0 Å². The van der Waals surface area contributed by atoms with Crippen molar-refractivity contribution in [1.29, 1.82) is 0 Å². The van der Waals surface area contributed by atoms with Crippen LogP contribution in [-0.4, -0.2) is 0 Å². The van der Waals surface area contributed by atoms with E-state index in [-0.39, 0.29) is 0 Å². The molecule has 0 radical (unpaired) electrons. The summed E-state index contributed by atoms with van der Waals surface area (Å²) in [5.41, 5.74) is 2.41. The van der Waals surface area contributed by atoms with Crippen LogP contribution in [0.3, 0.4) is 0 Å². The predicted octanol–water partition coefficient (Wildman–Crippen LogP) is 5.30. The summed E-state index contributed by atoms with van der Waals surface area (Å²) < 4.78 is 1.15. The average molecular weight is 310 g/mol. The zero-order chi connectivity index (χ0) is 12.4. The minimum absolute atomic E-state index is 0.350. The van der Waals surface area contributed by atoms with Gasteiger partial charge in [-0.2, -0.15) is 0 Å². The number of hydrogen-bond donors (Lipinski definition) is 1. The largest absolute Gasteiger partial charge is 0.378 e. The van der Waals surface area contributed by atoms with E-state index >= 15 is 0 Å². The van der Waals surface area contributed by atoms with Crippen LogP contribution < -0.4 is 5.32 Å². The zero-order valence-corrected chi connectivity index (χ0v) is 12.7. The van der Waals surface area contributed by atoms with Crippen molar-refractivity contribution in [2.45, 2.75) is 26.8 Å². The van der Waals surface area contributed by atoms with Crippen molar-refractivity contribution in [2.75, 3.05) is 5.32 Å². The second kappa shape index (κ2) is 5.23. The van der Waals surface area contributed by atoms with Crippen LogP contribution in [0, 0.1) is 13.8 Å². The smallest absolute Gasteiger partial charge is 0.0578 e. The molecule has 1 unspecified atom stereocenters. The molecule has 1 aromatic carbocycles. The van der Waals surface area contributed by atoms with Gasteiger partial charge in [-0.25, -0.2) is 0 Å². The van der Waals surface area contributed by atoms with Crippen molar-refractivity contribution in [1.82, 2.24) is 0 Å². The van der Waals surface area contributed by atoms with Gasteiger partial charge in [0, 0.05) is 19.9 Å². The van der Waals surface area contributed by atoms with Crippen molar-refractivity contribution in [3.8, 4) is 0 Å². The third kappa shape index (κ3) is 3.11. The molecule has 2 rings (SSSR count). The first-order valence-electron chi connectivity index (χ1n) is 5.65. The molecule has 17 heavy (non-hydrogen) atoms. The normalized spacial score (nSPS) is 12.5. The van der Waals surface area contributed by atoms with Crippen LogP contribution in [0.5, 0.6) is 0 Å². The molecule has 0 aliphatic rings. The standard InChI is InChI=1S/C14H16BrNS/c1-9-4-6-12(8-13(9)15)16-11(3)14-7-5-10(2)17-14/h4-8,11,16H,1-3H3. The Bertz CT molecular complexity index is 519. The molecule has 0 saturated heterocycles. The summed E-state index contributed by atoms with van der Waals surface area (Å²) in [6, 6.07) is 11.1. The van der Waals surface area contributed by atoms with Gasteiger partial charge in [0.2, 0.25) is 0 Å². The lowest BCUT2D eigenvalue weighted by Gasteiger charge is -2.14. The van der Waals surface area contributed by atoms with Crippen molar-refractivity contribution in [3.05, 3.63) is 50.1 Å². The number of halogens is 1. The topological polar surface area (TPSA) is 12.0 Å². The van der Waals surface area contributed by atoms with E-state index in [2.05, 4.69) is 72.3 Å². The van der Waals surface area contributed by atoms with Crippen molar-refractivity contribution < 1.29 is 0 Å². The van der Waals surface area contributed by atoms with E-state index in [4.69, 9.17) is 0 Å². The minimum atomic E-state index is 0.350. The maximum Gasteiger partial charge on any atom is 0.0578 e. The highest BCUT2D eigenvalue weighted by molar-refractivity contribution is 9.10. The van der Waals surface area contributed by atoms with Gasteiger partial charge in [0.15, 0.2) is 0 Å². The maximum atomic E-state index is 3.56. The molecule has 1 N–H and O–H groups in total. The maximum absolute atomic E-state index is 3.56. The molecule has 0 aliphatic carbocycles. The Balaban J connectivity index is 2.12. The van der Waals surface area contributed by atoms with E-state index in [1.54, 1.807) is 0 Å². The highest BCUT2D eigenvalue weighted by Crippen LogP contribution is 2.27. The average Bonchev–Trinajstić information content (AvgIpc) is 2.70. The molecule has 2 aromatic rings. The highest BCUT2D eigenvalue weighted by atomic mass is 79.9. The summed E-state index contributed by atoms with van der Waals surface area (Å²) in [7, 11) is 0. The molecule has 1 atom stereocenters. The fourth-order valence-electron chi connectivity index (χ4n) is 1.69. The molecule has 3 heteroatoms. The Hall–Kier alpha value is -0.800. The van der Waals surface area contributed by atoms with Crippen LogP contribution in [0.2, 0.25) is 0 Å². The second-order valence-corrected chi connectivity index (χ2v) is 6.45. The van der Waals surface area contributed by atoms with E-state index in [9.17, 15) is 0 Å². The fourth-order valence-corrected chi connectivity index (χ4v) is 2.95. The lowest BCUT2D eigenvalue weighted by Crippen LogP contribution is -2.04. The molecule has 0 amide bonds. The summed E-state index contributed by atoms with van der Waals surface area (Å²) in [4.78, 5) is 2.73. The molecule has 0 saturated carbocycles. The van der Waals surface area contributed by atoms with Gasteiger partial charge in [-0.1, -0.05) is 22.0 Å². The van der Waals surface area contributed by atoms with E-state index < -0.39 is 0 Å². The molecular weight excluding hydrogens is 294 g/mol. The third-order valence-electron chi connectivity index (χ3n) is 2.74. The number of nitrogens with one attached hydrogen (secondary N) is 1. The molecule has 0 fully saturated rings. The Morgan fingerprint density at radius 2 is 1.94 bits per heavy atom. The van der Waals surface area contributed by atoms with E-state index in [1.165, 1.54) is 15.3 Å². The van der Waals surface area contributed by atoms with Crippen molar-refractivity contribution in [2.24, 2.45) is 0 Å². The van der Waals surface area contributed by atoms with Gasteiger partial charge in [0.1, 0.15) is 0 Å². The Kier molecular flexibility index (Phi) is 3.89. The molecular formula is C14H16BrNS. The SMILES string of the molecule is Cc1ccc(C(C)Nc2ccc(C)c(Br)c2)s1. The molecule has 0 aliphatic heterocycles. The van der Waals surface area contributed by atoms with Gasteiger partial charge in [0.25, 0.3) is 0 Å². The van der Waals surface area contributed by atoms with Gasteiger partial charge < -0.3 is 5.32 Å². The van der Waals surface area contributed by atoms with Crippen LogP contribution in [-0.2, 0) is 0 Å². The number of rotatable bonds is 3. The van der Waals surface area contributed by atoms with Gasteiger partial charge in [-0.15, -0.1) is 11.3 Å². The fraction of sp³-hybridized carbons (Fsp3) is 0.286. The van der Waals surface area contributed by atoms with Crippen LogP contribution >= 0.6 is 27.3 Å². The summed E-state index contributed by atoms with van der Waals surface area (Å²) in [5.74, 6) is 0. The molecule has 1 aromatic heterocycles. The van der Waals surface area contributed by atoms with Gasteiger partial charge in [-0.05, 0) is 50.6 Å². The summed E-state index contributed by atoms with van der Waals surface area (Å²) in [5, 5.41) is 3.52. The van der Waals surface area contributed by atoms with Crippen LogP contribution in [0.15, 0.2) is 34.8 Å². The predicted molar refractivity (Wildman–Crippen MR) is 80.0 cm³/mol. The van der Waals surface area contributed by atoms with Gasteiger partial charge >= 0.3 is 0 Å². The Morgan fingerprint density at radius 1 is 1.18 bits per heavy atom. The molecule has 0 bridgehead atoms. The van der Waals surface area contributed by atoms with Crippen LogP contribution in [0.1, 0.15) is 28.3 Å². The Labute approximate surface area is 115 Å². The quantitative estimate of drug-likeness (QED) is 0.811. The summed E-state index contributed by atoms with van der Waals surface area (Å²) in [6.07, 6.45) is 0. The van der Waals surface area contributed by atoms with E-state index in [1.807, 2.05) is 11.3 Å². The van der Waals surface area contributed by atoms with E-state index in [0.29, 0.717) is 6.04 Å². The first-order chi connectivity index (χ1) is 8.06. The first kappa shape index (κ1) is 12.7. The zero-order valence-electron chi connectivity index (χ0n) is 10.3. The van der Waals surface area contributed by atoms with E-state index in [0.717, 1.165) is 10.2 Å². The highest BCUT2D eigenvalue weighted by Gasteiger charge is 2.07. The van der Waals surface area contributed by atoms with Gasteiger partial charge in [-0.3, -0.25) is 0 Å². The number of benzene rings is 1. The number of hydrogen-bond acceptors (Lipinski definition) is 2. The molecule has 0 spiro atoms. The number of thiophene rings is 1. The summed E-state index contributed by atoms with van der Waals surface area (Å²) in [6.45, 7) is 6.43. The molecule has 1 heterocycles. The molecule has 90 valence electrons. The lowest BCUT2D eigenvalue weighted by atomic mass is 10.2.